The van der Waals surface area contributed by atoms with Crippen molar-refractivity contribution in [1.82, 2.24) is 15.2 Å². The molecule has 0 saturated carbocycles. The number of pyridine rings is 1. The molecule has 0 atom stereocenters. The normalized spacial score (nSPS) is 10.6. The molecule has 2 aromatic heterocycles. The van der Waals surface area contributed by atoms with Gasteiger partial charge in [-0.1, -0.05) is 0 Å². The van der Waals surface area contributed by atoms with Gasteiger partial charge in [-0.3, -0.25) is 14.7 Å². The molecular weight excluding hydrogens is 210 g/mol. The third-order valence-electron chi connectivity index (χ3n) is 2.23. The predicted octanol–water partition coefficient (Wildman–Crippen LogP) is 0.788. The number of H-pyrrole nitrogens is 1. The van der Waals surface area contributed by atoms with Gasteiger partial charge >= 0.3 is 5.97 Å². The summed E-state index contributed by atoms with van der Waals surface area (Å²) in [5, 5.41) is 15.7. The number of aromatic nitrogens is 3. The maximum atomic E-state index is 11.3. The second-order valence-electron chi connectivity index (χ2n) is 3.39. The molecule has 0 radical (unpaired) electrons. The smallest absolute Gasteiger partial charge is 0.307 e. The van der Waals surface area contributed by atoms with Crippen LogP contribution in [0.2, 0.25) is 0 Å². The predicted molar refractivity (Wildman–Crippen MR) is 55.2 cm³/mol. The summed E-state index contributed by atoms with van der Waals surface area (Å²) >= 11 is 0. The number of nitrogens with one attached hydrogen (secondary N) is 1. The van der Waals surface area contributed by atoms with E-state index in [0.29, 0.717) is 22.3 Å². The lowest BCUT2D eigenvalue weighted by molar-refractivity contribution is -0.136. The van der Waals surface area contributed by atoms with Crippen molar-refractivity contribution in [1.29, 1.82) is 0 Å². The second kappa shape index (κ2) is 3.73. The Morgan fingerprint density at radius 3 is 2.88 bits per heavy atom. The van der Waals surface area contributed by atoms with Gasteiger partial charge in [-0.15, -0.1) is 0 Å². The van der Waals surface area contributed by atoms with E-state index in [9.17, 15) is 9.59 Å². The minimum Gasteiger partial charge on any atom is -0.481 e. The van der Waals surface area contributed by atoms with Crippen LogP contribution >= 0.6 is 0 Å². The zero-order chi connectivity index (χ0) is 11.7. The number of rotatable bonds is 3. The summed E-state index contributed by atoms with van der Waals surface area (Å²) in [4.78, 5) is 26.0. The van der Waals surface area contributed by atoms with Gasteiger partial charge in [0.05, 0.1) is 11.8 Å². The Hall–Kier alpha value is -2.24. The highest BCUT2D eigenvalue weighted by Gasteiger charge is 2.15. The highest BCUT2D eigenvalue weighted by atomic mass is 16.4. The number of carboxylic acid groups (broad SMARTS) is 1. The average molecular weight is 219 g/mol. The van der Waals surface area contributed by atoms with Gasteiger partial charge in [-0.2, -0.15) is 5.10 Å². The molecular formula is C10H9N3O3. The van der Waals surface area contributed by atoms with E-state index in [-0.39, 0.29) is 12.2 Å². The van der Waals surface area contributed by atoms with Crippen LogP contribution in [0.25, 0.3) is 11.0 Å². The number of nitrogens with zero attached hydrogens (tertiary/aromatic N) is 2. The summed E-state index contributed by atoms with van der Waals surface area (Å²) in [6.07, 6.45) is 1.32. The van der Waals surface area contributed by atoms with Crippen molar-refractivity contribution in [3.63, 3.8) is 0 Å². The first-order chi connectivity index (χ1) is 7.59. The van der Waals surface area contributed by atoms with E-state index in [1.54, 1.807) is 6.07 Å². The molecule has 0 aliphatic rings. The van der Waals surface area contributed by atoms with Gasteiger partial charge in [-0.25, -0.2) is 4.98 Å². The fraction of sp³-hybridized carbons (Fsp3) is 0.200. The van der Waals surface area contributed by atoms with Crippen LogP contribution in [0.1, 0.15) is 23.0 Å². The molecule has 0 fully saturated rings. The Bertz CT molecular complexity index is 574. The van der Waals surface area contributed by atoms with Gasteiger partial charge in [-0.05, 0) is 11.6 Å². The molecule has 16 heavy (non-hydrogen) atoms. The first kappa shape index (κ1) is 10.3. The van der Waals surface area contributed by atoms with Crippen LogP contribution in [-0.2, 0) is 11.2 Å². The number of carbonyl (C=O) groups is 2. The lowest BCUT2D eigenvalue weighted by atomic mass is 10.1. The quantitative estimate of drug-likeness (QED) is 0.744. The second-order valence-corrected chi connectivity index (χ2v) is 3.39. The minimum atomic E-state index is -0.955. The highest BCUT2D eigenvalue weighted by molar-refractivity contribution is 6.05. The molecule has 0 bridgehead atoms. The largest absolute Gasteiger partial charge is 0.481 e. The molecule has 2 aromatic rings. The standard InChI is InChI=1S/C10H9N3O3/c1-5(14)9-8-6(4-7(15)16)2-3-11-10(8)13-12-9/h2-3H,4H2,1H3,(H,15,16)(H,11,12,13). The summed E-state index contributed by atoms with van der Waals surface area (Å²) < 4.78 is 0. The van der Waals surface area contributed by atoms with Crippen LogP contribution in [0.15, 0.2) is 12.3 Å². The Morgan fingerprint density at radius 2 is 2.25 bits per heavy atom. The molecule has 82 valence electrons. The molecule has 0 amide bonds. The van der Waals surface area contributed by atoms with Crippen LogP contribution in [0.4, 0.5) is 0 Å². The van der Waals surface area contributed by atoms with Gasteiger partial charge in [0.1, 0.15) is 5.69 Å². The summed E-state index contributed by atoms with van der Waals surface area (Å²) in [5.74, 6) is -1.15. The van der Waals surface area contributed by atoms with E-state index in [4.69, 9.17) is 5.11 Å². The SMILES string of the molecule is CC(=O)c1[nH]nc2nccc(CC(=O)O)c12. The Kier molecular flexibility index (Phi) is 2.40. The van der Waals surface area contributed by atoms with E-state index >= 15 is 0 Å². The van der Waals surface area contributed by atoms with Gasteiger partial charge in [0, 0.05) is 13.1 Å². The molecule has 0 spiro atoms. The maximum absolute atomic E-state index is 11.3. The van der Waals surface area contributed by atoms with Gasteiger partial charge < -0.3 is 5.11 Å². The fourth-order valence-electron chi connectivity index (χ4n) is 1.58. The van der Waals surface area contributed by atoms with Crippen molar-refractivity contribution >= 4 is 22.8 Å². The molecule has 2 N–H and O–H groups in total. The number of Topliss-reactive ketones (excluding diaryl/α,β-unsaturated/α-hetero) is 1. The van der Waals surface area contributed by atoms with Crippen molar-refractivity contribution in [3.05, 3.63) is 23.5 Å². The number of fused-ring (bicyclic) bond motifs is 1. The Balaban J connectivity index is 2.68. The van der Waals surface area contributed by atoms with E-state index in [0.717, 1.165) is 0 Å². The summed E-state index contributed by atoms with van der Waals surface area (Å²) in [7, 11) is 0. The van der Waals surface area contributed by atoms with Gasteiger partial charge in [0.15, 0.2) is 11.4 Å². The fourth-order valence-corrected chi connectivity index (χ4v) is 1.58. The lowest BCUT2D eigenvalue weighted by Crippen LogP contribution is -2.02. The third-order valence-corrected chi connectivity index (χ3v) is 2.23. The van der Waals surface area contributed by atoms with E-state index < -0.39 is 5.97 Å². The van der Waals surface area contributed by atoms with E-state index in [1.165, 1.54) is 13.1 Å². The first-order valence-electron chi connectivity index (χ1n) is 4.64. The number of carbonyl (C=O) groups excluding carboxylic acids is 1. The van der Waals surface area contributed by atoms with E-state index in [2.05, 4.69) is 15.2 Å². The van der Waals surface area contributed by atoms with Crippen molar-refractivity contribution in [2.45, 2.75) is 13.3 Å². The highest BCUT2D eigenvalue weighted by Crippen LogP contribution is 2.19. The van der Waals surface area contributed by atoms with Crippen LogP contribution in [0.5, 0.6) is 0 Å². The molecule has 6 heteroatoms. The number of aliphatic carboxylic acids is 1. The van der Waals surface area contributed by atoms with Crippen molar-refractivity contribution in [3.8, 4) is 0 Å². The summed E-state index contributed by atoms with van der Waals surface area (Å²) in [5.41, 5.74) is 1.21. The van der Waals surface area contributed by atoms with Crippen molar-refractivity contribution in [2.75, 3.05) is 0 Å². The number of hydrogen-bond acceptors (Lipinski definition) is 4. The van der Waals surface area contributed by atoms with Crippen LogP contribution in [0.3, 0.4) is 0 Å². The average Bonchev–Trinajstić information content (AvgIpc) is 2.61. The third kappa shape index (κ3) is 1.65. The molecule has 0 aliphatic heterocycles. The van der Waals surface area contributed by atoms with Crippen molar-refractivity contribution < 1.29 is 14.7 Å². The summed E-state index contributed by atoms with van der Waals surface area (Å²) in [6, 6.07) is 1.58. The Morgan fingerprint density at radius 1 is 1.50 bits per heavy atom. The number of aromatic amines is 1. The van der Waals surface area contributed by atoms with Gasteiger partial charge in [0.2, 0.25) is 0 Å². The van der Waals surface area contributed by atoms with E-state index in [1.807, 2.05) is 0 Å². The van der Waals surface area contributed by atoms with Crippen molar-refractivity contribution in [2.24, 2.45) is 0 Å². The zero-order valence-electron chi connectivity index (χ0n) is 8.52. The minimum absolute atomic E-state index is 0.154. The lowest BCUT2D eigenvalue weighted by Gasteiger charge is -1.99. The van der Waals surface area contributed by atoms with Crippen LogP contribution < -0.4 is 0 Å². The molecule has 0 aromatic carbocycles. The van der Waals surface area contributed by atoms with Gasteiger partial charge in [0.25, 0.3) is 0 Å². The van der Waals surface area contributed by atoms with Crippen LogP contribution in [0, 0.1) is 0 Å². The van der Waals surface area contributed by atoms with Crippen LogP contribution in [-0.4, -0.2) is 32.0 Å². The zero-order valence-corrected chi connectivity index (χ0v) is 8.52. The topological polar surface area (TPSA) is 95.9 Å². The molecule has 6 nitrogen and oxygen atoms in total. The number of hydrogen-bond donors (Lipinski definition) is 2. The number of carboxylic acids is 1. The number of ketones is 1. The molecule has 2 heterocycles. The molecule has 0 unspecified atom stereocenters. The molecule has 0 aliphatic carbocycles. The first-order valence-corrected chi connectivity index (χ1v) is 4.64. The maximum Gasteiger partial charge on any atom is 0.307 e. The molecule has 2 rings (SSSR count). The monoisotopic (exact) mass is 219 g/mol. The molecule has 0 saturated heterocycles. The Labute approximate surface area is 90.3 Å². The summed E-state index contributed by atoms with van der Waals surface area (Å²) in [6.45, 7) is 1.39.